The fraction of sp³-hybridized carbons (Fsp3) is 0.364. The molecule has 0 heterocycles. The van der Waals surface area contributed by atoms with Crippen molar-refractivity contribution in [2.75, 3.05) is 6.61 Å². The molecule has 4 nitrogen and oxygen atoms in total. The first-order valence-electron chi connectivity index (χ1n) is 9.41. The highest BCUT2D eigenvalue weighted by Crippen LogP contribution is 2.29. The van der Waals surface area contributed by atoms with Gasteiger partial charge >= 0.3 is 6.18 Å². The summed E-state index contributed by atoms with van der Waals surface area (Å²) in [5.74, 6) is 0.917. The highest BCUT2D eigenvalue weighted by molar-refractivity contribution is 5.98. The zero-order chi connectivity index (χ0) is 20.9. The molecule has 1 aliphatic carbocycles. The van der Waals surface area contributed by atoms with Gasteiger partial charge in [-0.1, -0.05) is 23.7 Å². The Hall–Kier alpha value is -2.83. The van der Waals surface area contributed by atoms with Crippen LogP contribution in [0.25, 0.3) is 0 Å². The van der Waals surface area contributed by atoms with Crippen LogP contribution in [0.1, 0.15) is 42.9 Å². The maximum Gasteiger partial charge on any atom is 0.416 e. The second kappa shape index (κ2) is 9.11. The topological polar surface area (TPSA) is 47.9 Å². The van der Waals surface area contributed by atoms with E-state index < -0.39 is 11.7 Å². The first-order valence-corrected chi connectivity index (χ1v) is 9.41. The molecule has 0 N–H and O–H groups in total. The maximum absolute atomic E-state index is 12.6. The van der Waals surface area contributed by atoms with Gasteiger partial charge in [-0.2, -0.15) is 13.2 Å². The summed E-state index contributed by atoms with van der Waals surface area (Å²) in [6, 6.07) is 11.9. The van der Waals surface area contributed by atoms with Crippen molar-refractivity contribution >= 4 is 11.5 Å². The molecule has 0 amide bonds. The average molecular weight is 405 g/mol. The smallest absolute Gasteiger partial charge is 0.416 e. The molecule has 1 aliphatic rings. The van der Waals surface area contributed by atoms with E-state index in [9.17, 15) is 18.0 Å². The maximum atomic E-state index is 12.6. The van der Waals surface area contributed by atoms with Crippen LogP contribution in [0.2, 0.25) is 0 Å². The lowest BCUT2D eigenvalue weighted by atomic mass is 9.82. The first kappa shape index (κ1) is 20.9. The lowest BCUT2D eigenvalue weighted by Gasteiger charge is -2.23. The van der Waals surface area contributed by atoms with Crippen molar-refractivity contribution in [3.63, 3.8) is 0 Å². The summed E-state index contributed by atoms with van der Waals surface area (Å²) in [5.41, 5.74) is 1.33. The highest BCUT2D eigenvalue weighted by Gasteiger charge is 2.30. The number of Topliss-reactive ketones (excluding diaryl/α,β-unsaturated/α-hetero) is 1. The van der Waals surface area contributed by atoms with E-state index in [1.807, 2.05) is 12.1 Å². The van der Waals surface area contributed by atoms with Gasteiger partial charge < -0.3 is 9.57 Å². The quantitative estimate of drug-likeness (QED) is 0.437. The van der Waals surface area contributed by atoms with Crippen molar-refractivity contribution in [1.29, 1.82) is 0 Å². The Morgan fingerprint density at radius 1 is 1.07 bits per heavy atom. The van der Waals surface area contributed by atoms with Crippen LogP contribution in [0.3, 0.4) is 0 Å². The van der Waals surface area contributed by atoms with Crippen LogP contribution in [0.15, 0.2) is 53.7 Å². The SMILES string of the molecule is C/C(=N\OCc1ccc(C(F)(F)F)cc1)c1ccc(OCC(=O)C2CCC2)cc1. The minimum absolute atomic E-state index is 0.0694. The number of ketones is 1. The molecule has 0 aliphatic heterocycles. The molecule has 2 aromatic rings. The molecule has 29 heavy (non-hydrogen) atoms. The number of ether oxygens (including phenoxy) is 1. The van der Waals surface area contributed by atoms with E-state index >= 15 is 0 Å². The van der Waals surface area contributed by atoms with E-state index in [4.69, 9.17) is 9.57 Å². The molecule has 0 radical (unpaired) electrons. The molecule has 0 spiro atoms. The van der Waals surface area contributed by atoms with E-state index in [-0.39, 0.29) is 24.9 Å². The normalized spacial score (nSPS) is 15.0. The molecular formula is C22H22F3NO3. The third-order valence-electron chi connectivity index (χ3n) is 4.93. The zero-order valence-electron chi connectivity index (χ0n) is 16.0. The Labute approximate surface area is 167 Å². The van der Waals surface area contributed by atoms with Gasteiger partial charge in [0.2, 0.25) is 0 Å². The van der Waals surface area contributed by atoms with E-state index in [0.717, 1.165) is 37.0 Å². The number of carbonyl (C=O) groups is 1. The Morgan fingerprint density at radius 3 is 2.28 bits per heavy atom. The van der Waals surface area contributed by atoms with Gasteiger partial charge in [-0.05, 0) is 67.3 Å². The van der Waals surface area contributed by atoms with Crippen LogP contribution >= 0.6 is 0 Å². The Morgan fingerprint density at radius 2 is 1.72 bits per heavy atom. The second-order valence-corrected chi connectivity index (χ2v) is 7.05. The number of halogens is 3. The van der Waals surface area contributed by atoms with Gasteiger partial charge in [0, 0.05) is 5.92 Å². The molecule has 1 saturated carbocycles. The molecule has 0 aromatic heterocycles. The molecule has 0 saturated heterocycles. The van der Waals surface area contributed by atoms with Crippen molar-refractivity contribution in [1.82, 2.24) is 0 Å². The number of oxime groups is 1. The predicted octanol–water partition coefficient (Wildman–Crippen LogP) is 5.39. The van der Waals surface area contributed by atoms with Crippen molar-refractivity contribution in [3.8, 4) is 5.75 Å². The van der Waals surface area contributed by atoms with Crippen molar-refractivity contribution in [2.24, 2.45) is 11.1 Å². The molecular weight excluding hydrogens is 383 g/mol. The first-order chi connectivity index (χ1) is 13.8. The number of carbonyl (C=O) groups excluding carboxylic acids is 1. The number of alkyl halides is 3. The monoisotopic (exact) mass is 405 g/mol. The van der Waals surface area contributed by atoms with Gasteiger partial charge in [-0.25, -0.2) is 0 Å². The van der Waals surface area contributed by atoms with Gasteiger partial charge in [0.15, 0.2) is 5.78 Å². The van der Waals surface area contributed by atoms with Gasteiger partial charge in [-0.3, -0.25) is 4.79 Å². The van der Waals surface area contributed by atoms with E-state index in [0.29, 0.717) is 17.0 Å². The standard InChI is InChI=1S/C22H22F3NO3/c1-15(26-29-13-16-5-9-19(10-6-16)22(23,24)25)17-7-11-20(12-8-17)28-14-21(27)18-3-2-4-18/h5-12,18H,2-4,13-14H2,1H3/b26-15+. The third kappa shape index (κ3) is 5.82. The molecule has 2 aromatic carbocycles. The molecule has 7 heteroatoms. The summed E-state index contributed by atoms with van der Waals surface area (Å²) in [5, 5.41) is 4.01. The molecule has 3 rings (SSSR count). The number of hydrogen-bond acceptors (Lipinski definition) is 4. The van der Waals surface area contributed by atoms with E-state index in [1.165, 1.54) is 12.1 Å². The molecule has 1 fully saturated rings. The van der Waals surface area contributed by atoms with Crippen molar-refractivity contribution in [3.05, 3.63) is 65.2 Å². The van der Waals surface area contributed by atoms with E-state index in [2.05, 4.69) is 5.16 Å². The van der Waals surface area contributed by atoms with Crippen LogP contribution in [-0.2, 0) is 22.4 Å². The summed E-state index contributed by atoms with van der Waals surface area (Å²) in [4.78, 5) is 17.1. The molecule has 154 valence electrons. The van der Waals surface area contributed by atoms with Crippen molar-refractivity contribution < 1.29 is 27.5 Å². The number of rotatable bonds is 8. The van der Waals surface area contributed by atoms with Gasteiger partial charge in [0.25, 0.3) is 0 Å². The van der Waals surface area contributed by atoms with Crippen LogP contribution in [0, 0.1) is 5.92 Å². The largest absolute Gasteiger partial charge is 0.486 e. The summed E-state index contributed by atoms with van der Waals surface area (Å²) >= 11 is 0. The minimum atomic E-state index is -4.35. The minimum Gasteiger partial charge on any atom is -0.486 e. The Kier molecular flexibility index (Phi) is 6.56. The average Bonchev–Trinajstić information content (AvgIpc) is 2.65. The molecule has 0 unspecified atom stereocenters. The summed E-state index contributed by atoms with van der Waals surface area (Å²) in [7, 11) is 0. The lowest BCUT2D eigenvalue weighted by Crippen LogP contribution is -2.26. The second-order valence-electron chi connectivity index (χ2n) is 7.05. The molecule has 0 atom stereocenters. The molecule has 0 bridgehead atoms. The van der Waals surface area contributed by atoms with Crippen LogP contribution in [-0.4, -0.2) is 18.1 Å². The number of benzene rings is 2. The summed E-state index contributed by atoms with van der Waals surface area (Å²) in [6.07, 6.45) is -1.31. The number of nitrogens with zero attached hydrogens (tertiary/aromatic N) is 1. The van der Waals surface area contributed by atoms with Gasteiger partial charge in [0.1, 0.15) is 19.0 Å². The fourth-order valence-corrected chi connectivity index (χ4v) is 2.84. The van der Waals surface area contributed by atoms with Gasteiger partial charge in [-0.15, -0.1) is 0 Å². The third-order valence-corrected chi connectivity index (χ3v) is 4.93. The van der Waals surface area contributed by atoms with Crippen LogP contribution in [0.5, 0.6) is 5.75 Å². The Bertz CT molecular complexity index is 854. The summed E-state index contributed by atoms with van der Waals surface area (Å²) < 4.78 is 43.2. The van der Waals surface area contributed by atoms with Crippen LogP contribution < -0.4 is 4.74 Å². The predicted molar refractivity (Wildman–Crippen MR) is 103 cm³/mol. The lowest BCUT2D eigenvalue weighted by molar-refractivity contribution is -0.137. The van der Waals surface area contributed by atoms with Crippen LogP contribution in [0.4, 0.5) is 13.2 Å². The van der Waals surface area contributed by atoms with E-state index in [1.54, 1.807) is 19.1 Å². The highest BCUT2D eigenvalue weighted by atomic mass is 19.4. The van der Waals surface area contributed by atoms with Crippen molar-refractivity contribution in [2.45, 2.75) is 39.0 Å². The Balaban J connectivity index is 1.48. The fourth-order valence-electron chi connectivity index (χ4n) is 2.84. The summed E-state index contributed by atoms with van der Waals surface area (Å²) in [6.45, 7) is 1.93. The number of hydrogen-bond donors (Lipinski definition) is 0. The zero-order valence-corrected chi connectivity index (χ0v) is 16.0. The van der Waals surface area contributed by atoms with Gasteiger partial charge in [0.05, 0.1) is 11.3 Å².